The zero-order valence-electron chi connectivity index (χ0n) is 12.5. The predicted octanol–water partition coefficient (Wildman–Crippen LogP) is 2.70. The number of hydrogen-bond acceptors (Lipinski definition) is 3. The van der Waals surface area contributed by atoms with Crippen molar-refractivity contribution < 1.29 is 13.2 Å². The molecule has 4 nitrogen and oxygen atoms in total. The monoisotopic (exact) mass is 297 g/mol. The van der Waals surface area contributed by atoms with Gasteiger partial charge >= 0.3 is 0 Å². The number of hydrogen-bond donors (Lipinski definition) is 1. The Hall–Kier alpha value is -1.20. The summed E-state index contributed by atoms with van der Waals surface area (Å²) < 4.78 is 26.4. The fourth-order valence-electron chi connectivity index (χ4n) is 2.26. The number of ketones is 1. The second kappa shape index (κ2) is 6.99. The highest BCUT2D eigenvalue weighted by Gasteiger charge is 2.21. The topological polar surface area (TPSA) is 63.2 Å². The Bertz CT molecular complexity index is 547. The fourth-order valence-corrected chi connectivity index (χ4v) is 3.40. The van der Waals surface area contributed by atoms with Gasteiger partial charge in [-0.15, -0.1) is 0 Å². The quantitative estimate of drug-likeness (QED) is 0.841. The molecule has 1 atom stereocenters. The number of sulfonamides is 1. The number of nitrogens with one attached hydrogen (secondary N) is 1. The summed E-state index contributed by atoms with van der Waals surface area (Å²) in [4.78, 5) is 11.9. The van der Waals surface area contributed by atoms with Crippen LogP contribution in [0.25, 0.3) is 0 Å². The summed E-state index contributed by atoms with van der Waals surface area (Å²) in [6.45, 7) is 7.87. The van der Waals surface area contributed by atoms with Crippen molar-refractivity contribution in [1.29, 1.82) is 0 Å². The van der Waals surface area contributed by atoms with E-state index in [0.29, 0.717) is 6.54 Å². The molecule has 20 heavy (non-hydrogen) atoms. The maximum atomic E-state index is 12.0. The standard InChI is InChI=1S/C15H23NO3S/c1-5-10-16-20(18,19)14-8-6-13(7-9-14)15(11(2)3)12(4)17/h6-9,11,15-16H,5,10H2,1-4H3. The van der Waals surface area contributed by atoms with E-state index in [-0.39, 0.29) is 22.5 Å². The Morgan fingerprint density at radius 3 is 2.15 bits per heavy atom. The van der Waals surface area contributed by atoms with Crippen LogP contribution < -0.4 is 4.72 Å². The van der Waals surface area contributed by atoms with Crippen LogP contribution in [0.1, 0.15) is 45.6 Å². The molecule has 0 spiro atoms. The van der Waals surface area contributed by atoms with Gasteiger partial charge < -0.3 is 0 Å². The number of benzene rings is 1. The Balaban J connectivity index is 3.02. The lowest BCUT2D eigenvalue weighted by Crippen LogP contribution is -2.24. The molecule has 0 radical (unpaired) electrons. The molecule has 1 aromatic rings. The molecule has 0 aromatic heterocycles. The molecule has 0 heterocycles. The van der Waals surface area contributed by atoms with Crippen LogP contribution in [0.3, 0.4) is 0 Å². The second-order valence-corrected chi connectivity index (χ2v) is 7.07. The molecule has 0 aliphatic carbocycles. The van der Waals surface area contributed by atoms with Gasteiger partial charge in [-0.2, -0.15) is 0 Å². The van der Waals surface area contributed by atoms with Crippen LogP contribution in [0.2, 0.25) is 0 Å². The molecule has 1 rings (SSSR count). The number of carbonyl (C=O) groups excluding carboxylic acids is 1. The zero-order chi connectivity index (χ0) is 15.3. The molecule has 1 N–H and O–H groups in total. The van der Waals surface area contributed by atoms with Crippen molar-refractivity contribution in [2.45, 2.75) is 44.9 Å². The van der Waals surface area contributed by atoms with E-state index < -0.39 is 10.0 Å². The maximum Gasteiger partial charge on any atom is 0.240 e. The van der Waals surface area contributed by atoms with Crippen LogP contribution >= 0.6 is 0 Å². The maximum absolute atomic E-state index is 12.0. The number of rotatable bonds is 7. The molecular weight excluding hydrogens is 274 g/mol. The van der Waals surface area contributed by atoms with E-state index in [4.69, 9.17) is 0 Å². The zero-order valence-corrected chi connectivity index (χ0v) is 13.3. The van der Waals surface area contributed by atoms with E-state index in [1.165, 1.54) is 0 Å². The first-order valence-electron chi connectivity index (χ1n) is 6.89. The second-order valence-electron chi connectivity index (χ2n) is 5.30. The summed E-state index contributed by atoms with van der Waals surface area (Å²) in [6, 6.07) is 6.58. The first-order chi connectivity index (χ1) is 9.29. The van der Waals surface area contributed by atoms with E-state index in [1.807, 2.05) is 20.8 Å². The lowest BCUT2D eigenvalue weighted by molar-refractivity contribution is -0.119. The van der Waals surface area contributed by atoms with Crippen molar-refractivity contribution in [3.05, 3.63) is 29.8 Å². The lowest BCUT2D eigenvalue weighted by Gasteiger charge is -2.18. The molecule has 0 saturated carbocycles. The van der Waals surface area contributed by atoms with Gasteiger partial charge in [0.1, 0.15) is 5.78 Å². The molecule has 1 unspecified atom stereocenters. The highest BCUT2D eigenvalue weighted by Crippen LogP contribution is 2.26. The molecular formula is C15H23NO3S. The number of carbonyl (C=O) groups is 1. The minimum atomic E-state index is -3.44. The van der Waals surface area contributed by atoms with Gasteiger partial charge in [0.05, 0.1) is 4.90 Å². The van der Waals surface area contributed by atoms with Gasteiger partial charge in [-0.3, -0.25) is 4.79 Å². The Labute approximate surface area is 121 Å². The summed E-state index contributed by atoms with van der Waals surface area (Å²) >= 11 is 0. The third-order valence-electron chi connectivity index (χ3n) is 3.20. The van der Waals surface area contributed by atoms with Gasteiger partial charge in [-0.25, -0.2) is 13.1 Å². The molecule has 112 valence electrons. The molecule has 0 saturated heterocycles. The van der Waals surface area contributed by atoms with Gasteiger partial charge in [-0.05, 0) is 37.0 Å². The summed E-state index contributed by atoms with van der Waals surface area (Å²) in [5.41, 5.74) is 0.863. The van der Waals surface area contributed by atoms with Gasteiger partial charge in [0.25, 0.3) is 0 Å². The Morgan fingerprint density at radius 2 is 1.75 bits per heavy atom. The Kier molecular flexibility index (Phi) is 5.89. The third-order valence-corrected chi connectivity index (χ3v) is 4.67. The van der Waals surface area contributed by atoms with Crippen molar-refractivity contribution in [3.8, 4) is 0 Å². The van der Waals surface area contributed by atoms with Gasteiger partial charge in [0.15, 0.2) is 0 Å². The van der Waals surface area contributed by atoms with E-state index in [0.717, 1.165) is 12.0 Å². The minimum Gasteiger partial charge on any atom is -0.299 e. The van der Waals surface area contributed by atoms with Gasteiger partial charge in [0, 0.05) is 12.5 Å². The molecule has 0 fully saturated rings. The van der Waals surface area contributed by atoms with Crippen LogP contribution in [0.5, 0.6) is 0 Å². The molecule has 5 heteroatoms. The fraction of sp³-hybridized carbons (Fsp3) is 0.533. The van der Waals surface area contributed by atoms with Crippen LogP contribution in [-0.2, 0) is 14.8 Å². The smallest absolute Gasteiger partial charge is 0.240 e. The molecule has 1 aromatic carbocycles. The first kappa shape index (κ1) is 16.9. The van der Waals surface area contributed by atoms with Crippen LogP contribution in [0.4, 0.5) is 0 Å². The third kappa shape index (κ3) is 4.15. The van der Waals surface area contributed by atoms with Crippen molar-refractivity contribution in [3.63, 3.8) is 0 Å². The van der Waals surface area contributed by atoms with Crippen molar-refractivity contribution in [1.82, 2.24) is 4.72 Å². The lowest BCUT2D eigenvalue weighted by atomic mass is 9.86. The van der Waals surface area contributed by atoms with Crippen molar-refractivity contribution in [2.75, 3.05) is 6.54 Å². The predicted molar refractivity (Wildman–Crippen MR) is 80.2 cm³/mol. The highest BCUT2D eigenvalue weighted by molar-refractivity contribution is 7.89. The molecule has 0 amide bonds. The van der Waals surface area contributed by atoms with Crippen LogP contribution in [-0.4, -0.2) is 20.7 Å². The average molecular weight is 297 g/mol. The number of Topliss-reactive ketones (excluding diaryl/α,β-unsaturated/α-hetero) is 1. The van der Waals surface area contributed by atoms with E-state index >= 15 is 0 Å². The van der Waals surface area contributed by atoms with Crippen molar-refractivity contribution in [2.24, 2.45) is 5.92 Å². The summed E-state index contributed by atoms with van der Waals surface area (Å²) in [5.74, 6) is 0.100. The van der Waals surface area contributed by atoms with Gasteiger partial charge in [-0.1, -0.05) is 32.9 Å². The van der Waals surface area contributed by atoms with Crippen molar-refractivity contribution >= 4 is 15.8 Å². The molecule has 0 aliphatic rings. The summed E-state index contributed by atoms with van der Waals surface area (Å²) in [7, 11) is -3.44. The summed E-state index contributed by atoms with van der Waals surface area (Å²) in [5, 5.41) is 0. The van der Waals surface area contributed by atoms with Gasteiger partial charge in [0.2, 0.25) is 10.0 Å². The minimum absolute atomic E-state index is 0.0970. The average Bonchev–Trinajstić information content (AvgIpc) is 2.36. The SMILES string of the molecule is CCCNS(=O)(=O)c1ccc(C(C(C)=O)C(C)C)cc1. The van der Waals surface area contributed by atoms with E-state index in [9.17, 15) is 13.2 Å². The molecule has 0 aliphatic heterocycles. The highest BCUT2D eigenvalue weighted by atomic mass is 32.2. The largest absolute Gasteiger partial charge is 0.299 e. The van der Waals surface area contributed by atoms with E-state index in [2.05, 4.69) is 4.72 Å². The Morgan fingerprint density at radius 1 is 1.20 bits per heavy atom. The van der Waals surface area contributed by atoms with Crippen LogP contribution in [0.15, 0.2) is 29.2 Å². The van der Waals surface area contributed by atoms with Crippen LogP contribution in [0, 0.1) is 5.92 Å². The summed E-state index contributed by atoms with van der Waals surface area (Å²) in [6.07, 6.45) is 0.747. The molecule has 0 bridgehead atoms. The normalized spacial score (nSPS) is 13.4. The first-order valence-corrected chi connectivity index (χ1v) is 8.38. The van der Waals surface area contributed by atoms with E-state index in [1.54, 1.807) is 31.2 Å².